The van der Waals surface area contributed by atoms with E-state index in [0.29, 0.717) is 11.8 Å². The van der Waals surface area contributed by atoms with E-state index in [1.54, 1.807) is 0 Å². The number of rotatable bonds is 4. The third-order valence-electron chi connectivity index (χ3n) is 3.63. The summed E-state index contributed by atoms with van der Waals surface area (Å²) in [7, 11) is 0. The molecule has 1 unspecified atom stereocenters. The van der Waals surface area contributed by atoms with Crippen molar-refractivity contribution in [2.75, 3.05) is 13.1 Å². The summed E-state index contributed by atoms with van der Waals surface area (Å²) in [6.07, 6.45) is 3.29. The molecule has 0 spiro atoms. The molecule has 110 valence electrons. The summed E-state index contributed by atoms with van der Waals surface area (Å²) < 4.78 is 0. The minimum atomic E-state index is 0.126. The summed E-state index contributed by atoms with van der Waals surface area (Å²) in [5.41, 5.74) is 6.57. The quantitative estimate of drug-likeness (QED) is 0.867. The van der Waals surface area contributed by atoms with Crippen LogP contribution in [0.5, 0.6) is 0 Å². The van der Waals surface area contributed by atoms with Gasteiger partial charge < -0.3 is 10.6 Å². The largest absolute Gasteiger partial charge is 0.334 e. The van der Waals surface area contributed by atoms with E-state index in [1.807, 2.05) is 40.9 Å². The van der Waals surface area contributed by atoms with Crippen molar-refractivity contribution in [3.8, 4) is 0 Å². The number of hydrogen-bond acceptors (Lipinski definition) is 3. The third kappa shape index (κ3) is 3.76. The fourth-order valence-corrected chi connectivity index (χ4v) is 3.46. The molecule has 1 atom stereocenters. The van der Waals surface area contributed by atoms with Crippen LogP contribution in [0.3, 0.4) is 0 Å². The first-order valence-electron chi connectivity index (χ1n) is 7.39. The maximum atomic E-state index is 12.6. The average Bonchev–Trinajstić information content (AvgIpc) is 2.46. The van der Waals surface area contributed by atoms with Crippen LogP contribution in [0.15, 0.2) is 29.2 Å². The average molecular weight is 292 g/mol. The Morgan fingerprint density at radius 3 is 2.65 bits per heavy atom. The molecule has 1 aliphatic heterocycles. The number of piperidine rings is 1. The van der Waals surface area contributed by atoms with Crippen molar-refractivity contribution in [2.45, 2.75) is 49.3 Å². The summed E-state index contributed by atoms with van der Waals surface area (Å²) in [4.78, 5) is 15.7. The Hall–Kier alpha value is -1.00. The molecule has 0 aromatic heterocycles. The zero-order valence-corrected chi connectivity index (χ0v) is 13.2. The molecular weight excluding hydrogens is 268 g/mol. The van der Waals surface area contributed by atoms with E-state index in [-0.39, 0.29) is 11.9 Å². The van der Waals surface area contributed by atoms with Gasteiger partial charge >= 0.3 is 0 Å². The number of likely N-dealkylation sites (tertiary alicyclic amines) is 1. The van der Waals surface area contributed by atoms with Gasteiger partial charge in [-0.2, -0.15) is 0 Å². The van der Waals surface area contributed by atoms with Crippen LogP contribution in [-0.2, 0) is 0 Å². The molecule has 0 aliphatic carbocycles. The molecule has 1 aromatic carbocycles. The first-order valence-corrected chi connectivity index (χ1v) is 8.27. The molecule has 0 radical (unpaired) electrons. The molecule has 1 saturated heterocycles. The smallest absolute Gasteiger partial charge is 0.254 e. The molecule has 2 N–H and O–H groups in total. The predicted molar refractivity (Wildman–Crippen MR) is 85.2 cm³/mol. The first-order chi connectivity index (χ1) is 9.61. The van der Waals surface area contributed by atoms with Gasteiger partial charge in [0.1, 0.15) is 0 Å². The molecule has 3 nitrogen and oxygen atoms in total. The molecule has 1 amide bonds. The van der Waals surface area contributed by atoms with Crippen LogP contribution >= 0.6 is 11.8 Å². The lowest BCUT2D eigenvalue weighted by Crippen LogP contribution is -2.47. The Labute approximate surface area is 125 Å². The van der Waals surface area contributed by atoms with Crippen molar-refractivity contribution in [2.24, 2.45) is 5.73 Å². The van der Waals surface area contributed by atoms with Crippen LogP contribution < -0.4 is 5.73 Å². The van der Waals surface area contributed by atoms with E-state index in [4.69, 9.17) is 5.73 Å². The van der Waals surface area contributed by atoms with Crippen LogP contribution in [0.1, 0.15) is 43.5 Å². The number of nitrogens with two attached hydrogens (primary N) is 1. The Morgan fingerprint density at radius 2 is 2.05 bits per heavy atom. The molecule has 1 aromatic rings. The molecule has 1 heterocycles. The van der Waals surface area contributed by atoms with Crippen molar-refractivity contribution >= 4 is 17.7 Å². The third-order valence-corrected chi connectivity index (χ3v) is 4.65. The number of hydrogen-bond donors (Lipinski definition) is 1. The van der Waals surface area contributed by atoms with Gasteiger partial charge in [-0.15, -0.1) is 11.8 Å². The maximum Gasteiger partial charge on any atom is 0.254 e. The van der Waals surface area contributed by atoms with E-state index in [2.05, 4.69) is 13.8 Å². The zero-order valence-electron chi connectivity index (χ0n) is 12.3. The topological polar surface area (TPSA) is 46.3 Å². The Bertz CT molecular complexity index is 444. The molecule has 1 aliphatic rings. The summed E-state index contributed by atoms with van der Waals surface area (Å²) in [6, 6.07) is 8.17. The van der Waals surface area contributed by atoms with Gasteiger partial charge in [-0.05, 0) is 43.5 Å². The predicted octanol–water partition coefficient (Wildman–Crippen LogP) is 3.14. The van der Waals surface area contributed by atoms with E-state index < -0.39 is 0 Å². The highest BCUT2D eigenvalue weighted by Gasteiger charge is 2.26. The van der Waals surface area contributed by atoms with Gasteiger partial charge in [0.05, 0.1) is 0 Å². The normalized spacial score (nSPS) is 19.4. The molecule has 0 saturated carbocycles. The standard InChI is InChI=1S/C16H24N2OS/c1-12(2)20-15-8-6-13(7-9-15)16(19)18-10-4-3-5-14(18)11-17/h6-9,12,14H,3-5,10-11,17H2,1-2H3. The summed E-state index contributed by atoms with van der Waals surface area (Å²) in [5, 5.41) is 0.556. The van der Waals surface area contributed by atoms with Crippen LogP contribution in [0, 0.1) is 0 Å². The lowest BCUT2D eigenvalue weighted by atomic mass is 10.0. The lowest BCUT2D eigenvalue weighted by molar-refractivity contribution is 0.0623. The molecule has 20 heavy (non-hydrogen) atoms. The second-order valence-electron chi connectivity index (χ2n) is 5.57. The molecular formula is C16H24N2OS. The molecule has 4 heteroatoms. The number of thioether (sulfide) groups is 1. The van der Waals surface area contributed by atoms with Crippen molar-refractivity contribution < 1.29 is 4.79 Å². The van der Waals surface area contributed by atoms with Crippen LogP contribution in [0.25, 0.3) is 0 Å². The maximum absolute atomic E-state index is 12.6. The second kappa shape index (κ2) is 7.14. The van der Waals surface area contributed by atoms with Crippen molar-refractivity contribution in [3.63, 3.8) is 0 Å². The highest BCUT2D eigenvalue weighted by molar-refractivity contribution is 7.99. The Kier molecular flexibility index (Phi) is 5.49. The van der Waals surface area contributed by atoms with Gasteiger partial charge in [-0.3, -0.25) is 4.79 Å². The minimum Gasteiger partial charge on any atom is -0.334 e. The van der Waals surface area contributed by atoms with Gasteiger partial charge in [0.25, 0.3) is 5.91 Å². The monoisotopic (exact) mass is 292 g/mol. The Morgan fingerprint density at radius 1 is 1.35 bits per heavy atom. The number of nitrogens with zero attached hydrogens (tertiary/aromatic N) is 1. The first kappa shape index (κ1) is 15.4. The second-order valence-corrected chi connectivity index (χ2v) is 7.22. The zero-order chi connectivity index (χ0) is 14.5. The van der Waals surface area contributed by atoms with Crippen LogP contribution in [-0.4, -0.2) is 35.2 Å². The molecule has 1 fully saturated rings. The molecule has 0 bridgehead atoms. The van der Waals surface area contributed by atoms with Crippen molar-refractivity contribution in [3.05, 3.63) is 29.8 Å². The lowest BCUT2D eigenvalue weighted by Gasteiger charge is -2.35. The molecule has 2 rings (SSSR count). The number of carbonyl (C=O) groups excluding carboxylic acids is 1. The highest BCUT2D eigenvalue weighted by Crippen LogP contribution is 2.24. The summed E-state index contributed by atoms with van der Waals surface area (Å²) in [5.74, 6) is 0.126. The Balaban J connectivity index is 2.08. The summed E-state index contributed by atoms with van der Waals surface area (Å²) >= 11 is 1.81. The van der Waals surface area contributed by atoms with Gasteiger partial charge in [0.15, 0.2) is 0 Å². The van der Waals surface area contributed by atoms with Gasteiger partial charge in [-0.25, -0.2) is 0 Å². The minimum absolute atomic E-state index is 0.126. The van der Waals surface area contributed by atoms with Crippen LogP contribution in [0.2, 0.25) is 0 Å². The number of benzene rings is 1. The van der Waals surface area contributed by atoms with Crippen molar-refractivity contribution in [1.82, 2.24) is 4.90 Å². The number of amides is 1. The summed E-state index contributed by atoms with van der Waals surface area (Å²) in [6.45, 7) is 5.74. The van der Waals surface area contributed by atoms with E-state index in [9.17, 15) is 4.79 Å². The van der Waals surface area contributed by atoms with E-state index >= 15 is 0 Å². The SMILES string of the molecule is CC(C)Sc1ccc(C(=O)N2CCCCC2CN)cc1. The van der Waals surface area contributed by atoms with Crippen molar-refractivity contribution in [1.29, 1.82) is 0 Å². The fourth-order valence-electron chi connectivity index (χ4n) is 2.63. The van der Waals surface area contributed by atoms with Gasteiger partial charge in [0.2, 0.25) is 0 Å². The van der Waals surface area contributed by atoms with E-state index in [1.165, 1.54) is 11.3 Å². The van der Waals surface area contributed by atoms with Gasteiger partial charge in [-0.1, -0.05) is 13.8 Å². The number of carbonyl (C=O) groups is 1. The highest BCUT2D eigenvalue weighted by atomic mass is 32.2. The fraction of sp³-hybridized carbons (Fsp3) is 0.562. The van der Waals surface area contributed by atoms with Gasteiger partial charge in [0, 0.05) is 34.8 Å². The van der Waals surface area contributed by atoms with E-state index in [0.717, 1.165) is 24.9 Å². The van der Waals surface area contributed by atoms with Crippen LogP contribution in [0.4, 0.5) is 0 Å².